The molecule has 0 saturated carbocycles. The number of ether oxygens (including phenoxy) is 2. The summed E-state index contributed by atoms with van der Waals surface area (Å²) in [5.41, 5.74) is 6.25. The van der Waals surface area contributed by atoms with Crippen LogP contribution in [0.3, 0.4) is 0 Å². The standard InChI is InChI=1S/C13H21N3O3/c1-3-10-15-11(13(17)18-4-2)12(14)16(10)8-9-6-5-7-19-9/h9H,3-8,14H2,1-2H3. The third-order valence-corrected chi connectivity index (χ3v) is 3.28. The average molecular weight is 267 g/mol. The molecule has 106 valence electrons. The Kier molecular flexibility index (Phi) is 4.42. The van der Waals surface area contributed by atoms with Crippen molar-refractivity contribution in [3.8, 4) is 0 Å². The molecule has 0 bridgehead atoms. The van der Waals surface area contributed by atoms with E-state index in [2.05, 4.69) is 4.98 Å². The molecule has 0 aromatic carbocycles. The van der Waals surface area contributed by atoms with Crippen molar-refractivity contribution in [1.29, 1.82) is 0 Å². The normalized spacial score (nSPS) is 18.7. The molecule has 0 aliphatic carbocycles. The van der Waals surface area contributed by atoms with Gasteiger partial charge in [0.05, 0.1) is 19.3 Å². The van der Waals surface area contributed by atoms with Crippen LogP contribution in [0.4, 0.5) is 5.82 Å². The molecule has 1 unspecified atom stereocenters. The highest BCUT2D eigenvalue weighted by atomic mass is 16.5. The lowest BCUT2D eigenvalue weighted by Gasteiger charge is -2.13. The Morgan fingerprint density at radius 3 is 2.95 bits per heavy atom. The zero-order chi connectivity index (χ0) is 13.8. The number of anilines is 1. The number of hydrogen-bond acceptors (Lipinski definition) is 5. The first-order valence-corrected chi connectivity index (χ1v) is 6.80. The molecule has 1 aromatic heterocycles. The van der Waals surface area contributed by atoms with Crippen molar-refractivity contribution in [2.24, 2.45) is 0 Å². The van der Waals surface area contributed by atoms with Crippen LogP contribution < -0.4 is 5.73 Å². The predicted octanol–water partition coefficient (Wildman–Crippen LogP) is 1.38. The average Bonchev–Trinajstić information content (AvgIpc) is 3.00. The van der Waals surface area contributed by atoms with Gasteiger partial charge in [-0.3, -0.25) is 0 Å². The molecule has 1 aromatic rings. The molecule has 1 atom stereocenters. The van der Waals surface area contributed by atoms with E-state index in [1.807, 2.05) is 11.5 Å². The maximum absolute atomic E-state index is 11.8. The molecule has 1 aliphatic rings. The van der Waals surface area contributed by atoms with E-state index in [1.54, 1.807) is 6.92 Å². The number of carbonyl (C=O) groups excluding carboxylic acids is 1. The monoisotopic (exact) mass is 267 g/mol. The van der Waals surface area contributed by atoms with Crippen molar-refractivity contribution in [2.75, 3.05) is 18.9 Å². The molecule has 1 fully saturated rings. The molecule has 2 N–H and O–H groups in total. The summed E-state index contributed by atoms with van der Waals surface area (Å²) in [7, 11) is 0. The van der Waals surface area contributed by atoms with Gasteiger partial charge < -0.3 is 19.8 Å². The Balaban J connectivity index is 2.23. The zero-order valence-corrected chi connectivity index (χ0v) is 11.5. The third-order valence-electron chi connectivity index (χ3n) is 3.28. The summed E-state index contributed by atoms with van der Waals surface area (Å²) in [6, 6.07) is 0. The fourth-order valence-corrected chi connectivity index (χ4v) is 2.33. The van der Waals surface area contributed by atoms with E-state index in [4.69, 9.17) is 15.2 Å². The molecule has 19 heavy (non-hydrogen) atoms. The SMILES string of the molecule is CCOC(=O)c1nc(CC)n(CC2CCCO2)c1N. The van der Waals surface area contributed by atoms with Gasteiger partial charge in [-0.05, 0) is 19.8 Å². The molecule has 1 aliphatic heterocycles. The minimum Gasteiger partial charge on any atom is -0.461 e. The second-order valence-electron chi connectivity index (χ2n) is 4.58. The van der Waals surface area contributed by atoms with Crippen LogP contribution in [0.5, 0.6) is 0 Å². The molecule has 0 radical (unpaired) electrons. The number of nitrogen functional groups attached to an aromatic ring is 1. The summed E-state index contributed by atoms with van der Waals surface area (Å²) < 4.78 is 12.5. The van der Waals surface area contributed by atoms with Crippen LogP contribution in [0.25, 0.3) is 0 Å². The van der Waals surface area contributed by atoms with E-state index in [9.17, 15) is 4.79 Å². The number of carbonyl (C=O) groups is 1. The molecular weight excluding hydrogens is 246 g/mol. The number of esters is 1. The zero-order valence-electron chi connectivity index (χ0n) is 11.5. The molecule has 2 rings (SSSR count). The molecule has 2 heterocycles. The Morgan fingerprint density at radius 1 is 1.58 bits per heavy atom. The summed E-state index contributed by atoms with van der Waals surface area (Å²) in [6.45, 7) is 5.52. The van der Waals surface area contributed by atoms with Gasteiger partial charge in [-0.1, -0.05) is 6.92 Å². The highest BCUT2D eigenvalue weighted by Gasteiger charge is 2.24. The molecule has 1 saturated heterocycles. The fraction of sp³-hybridized carbons (Fsp3) is 0.692. The van der Waals surface area contributed by atoms with Crippen molar-refractivity contribution in [3.63, 3.8) is 0 Å². The Labute approximate surface area is 112 Å². The number of imidazole rings is 1. The molecule has 0 spiro atoms. The van der Waals surface area contributed by atoms with Crippen LogP contribution in [-0.4, -0.2) is 34.8 Å². The summed E-state index contributed by atoms with van der Waals surface area (Å²) in [6.07, 6.45) is 2.98. The number of nitrogens with two attached hydrogens (primary N) is 1. The van der Waals surface area contributed by atoms with Gasteiger partial charge in [-0.25, -0.2) is 9.78 Å². The largest absolute Gasteiger partial charge is 0.461 e. The van der Waals surface area contributed by atoms with Gasteiger partial charge in [0.2, 0.25) is 0 Å². The first kappa shape index (κ1) is 13.9. The van der Waals surface area contributed by atoms with Crippen molar-refractivity contribution in [2.45, 2.75) is 45.8 Å². The van der Waals surface area contributed by atoms with E-state index in [-0.39, 0.29) is 11.8 Å². The van der Waals surface area contributed by atoms with E-state index >= 15 is 0 Å². The summed E-state index contributed by atoms with van der Waals surface area (Å²) in [5.74, 6) is 0.725. The number of hydrogen-bond donors (Lipinski definition) is 1. The number of rotatable bonds is 5. The Morgan fingerprint density at radius 2 is 2.37 bits per heavy atom. The molecular formula is C13H21N3O3. The molecule has 6 heteroatoms. The number of aromatic nitrogens is 2. The lowest BCUT2D eigenvalue weighted by Crippen LogP contribution is -2.18. The van der Waals surface area contributed by atoms with Gasteiger partial charge in [0, 0.05) is 13.0 Å². The van der Waals surface area contributed by atoms with Crippen molar-refractivity contribution >= 4 is 11.8 Å². The lowest BCUT2D eigenvalue weighted by molar-refractivity contribution is 0.0521. The number of aryl methyl sites for hydroxylation is 1. The fourth-order valence-electron chi connectivity index (χ4n) is 2.33. The second-order valence-corrected chi connectivity index (χ2v) is 4.58. The minimum atomic E-state index is -0.458. The Hall–Kier alpha value is -1.56. The summed E-state index contributed by atoms with van der Waals surface area (Å²) in [4.78, 5) is 16.1. The van der Waals surface area contributed by atoms with Crippen molar-refractivity contribution in [3.05, 3.63) is 11.5 Å². The highest BCUT2D eigenvalue weighted by Crippen LogP contribution is 2.21. The maximum Gasteiger partial charge on any atom is 0.360 e. The van der Waals surface area contributed by atoms with Crippen LogP contribution in [0.1, 0.15) is 43.0 Å². The van der Waals surface area contributed by atoms with Crippen molar-refractivity contribution in [1.82, 2.24) is 9.55 Å². The van der Waals surface area contributed by atoms with E-state index in [0.29, 0.717) is 19.0 Å². The quantitative estimate of drug-likeness (QED) is 0.815. The van der Waals surface area contributed by atoms with Gasteiger partial charge in [0.1, 0.15) is 11.6 Å². The third kappa shape index (κ3) is 2.89. The first-order valence-electron chi connectivity index (χ1n) is 6.80. The highest BCUT2D eigenvalue weighted by molar-refractivity contribution is 5.92. The first-order chi connectivity index (χ1) is 9.17. The maximum atomic E-state index is 11.8. The van der Waals surface area contributed by atoms with E-state index in [0.717, 1.165) is 31.7 Å². The smallest absolute Gasteiger partial charge is 0.360 e. The van der Waals surface area contributed by atoms with Crippen LogP contribution in [0.2, 0.25) is 0 Å². The van der Waals surface area contributed by atoms with Crippen LogP contribution >= 0.6 is 0 Å². The van der Waals surface area contributed by atoms with Crippen molar-refractivity contribution < 1.29 is 14.3 Å². The minimum absolute atomic E-state index is 0.164. The van der Waals surface area contributed by atoms with Gasteiger partial charge in [0.25, 0.3) is 0 Å². The Bertz CT molecular complexity index is 450. The topological polar surface area (TPSA) is 79.4 Å². The van der Waals surface area contributed by atoms with E-state index < -0.39 is 5.97 Å². The predicted molar refractivity (Wildman–Crippen MR) is 70.9 cm³/mol. The molecule has 0 amide bonds. The summed E-state index contributed by atoms with van der Waals surface area (Å²) in [5, 5.41) is 0. The van der Waals surface area contributed by atoms with Crippen LogP contribution in [0.15, 0.2) is 0 Å². The van der Waals surface area contributed by atoms with Crippen LogP contribution in [-0.2, 0) is 22.4 Å². The number of nitrogens with zero attached hydrogens (tertiary/aromatic N) is 2. The second kappa shape index (κ2) is 6.06. The van der Waals surface area contributed by atoms with E-state index in [1.165, 1.54) is 0 Å². The van der Waals surface area contributed by atoms with Gasteiger partial charge in [0.15, 0.2) is 5.69 Å². The van der Waals surface area contributed by atoms with Gasteiger partial charge in [-0.2, -0.15) is 0 Å². The van der Waals surface area contributed by atoms with Gasteiger partial charge >= 0.3 is 5.97 Å². The molecule has 6 nitrogen and oxygen atoms in total. The lowest BCUT2D eigenvalue weighted by atomic mass is 10.2. The summed E-state index contributed by atoms with van der Waals surface area (Å²) >= 11 is 0. The van der Waals surface area contributed by atoms with Gasteiger partial charge in [-0.15, -0.1) is 0 Å². The van der Waals surface area contributed by atoms with Crippen LogP contribution in [0, 0.1) is 0 Å².